The normalized spacial score (nSPS) is 11.8. The Bertz CT molecular complexity index is 1590. The number of aromatic nitrogens is 2. The number of rotatable bonds is 4. The maximum Gasteiger partial charge on any atom is 0.147 e. The number of benzene rings is 4. The van der Waals surface area contributed by atoms with Crippen molar-refractivity contribution in [3.63, 3.8) is 0 Å². The molecule has 0 saturated heterocycles. The van der Waals surface area contributed by atoms with Crippen molar-refractivity contribution in [1.29, 1.82) is 0 Å². The van der Waals surface area contributed by atoms with Crippen molar-refractivity contribution in [2.75, 3.05) is 0 Å². The molecule has 0 unspecified atom stereocenters. The molecule has 4 aromatic carbocycles. The number of hydrogen-bond donors (Lipinski definition) is 0. The second kappa shape index (κ2) is 7.61. The molecule has 0 aliphatic rings. The maximum absolute atomic E-state index is 5.12. The van der Waals surface area contributed by atoms with E-state index in [1.807, 2.05) is 0 Å². The zero-order valence-corrected chi connectivity index (χ0v) is 19.1. The Morgan fingerprint density at radius 3 is 2.53 bits per heavy atom. The molecule has 0 fully saturated rings. The van der Waals surface area contributed by atoms with Gasteiger partial charge in [0.25, 0.3) is 0 Å². The molecule has 156 valence electrons. The summed E-state index contributed by atoms with van der Waals surface area (Å²) in [6, 6.07) is 30.5. The van der Waals surface area contributed by atoms with Crippen LogP contribution in [0.1, 0.15) is 19.4 Å². The third-order valence-electron chi connectivity index (χ3n) is 6.07. The molecular weight excluding hydrogens is 408 g/mol. The van der Waals surface area contributed by atoms with Crippen LogP contribution in [0, 0.1) is 5.92 Å². The van der Waals surface area contributed by atoms with Gasteiger partial charge in [0.15, 0.2) is 0 Å². The maximum atomic E-state index is 5.12. The number of thiophene rings is 1. The van der Waals surface area contributed by atoms with Crippen LogP contribution in [-0.4, -0.2) is 9.55 Å². The molecule has 6 aromatic rings. The van der Waals surface area contributed by atoms with Gasteiger partial charge in [-0.3, -0.25) is 4.57 Å². The lowest BCUT2D eigenvalue weighted by molar-refractivity contribution is 0.648. The predicted octanol–water partition coefficient (Wildman–Crippen LogP) is 8.26. The van der Waals surface area contributed by atoms with Gasteiger partial charge in [0, 0.05) is 26.7 Å². The summed E-state index contributed by atoms with van der Waals surface area (Å²) in [4.78, 5) is 5.12. The SMILES string of the molecule is CC(C)Cc1ccc2scc(-c3nc4ccccc4n3-c3ccc4ccccc4c3)c2c1. The Balaban J connectivity index is 1.62. The molecular formula is C29H24N2S. The summed E-state index contributed by atoms with van der Waals surface area (Å²) in [7, 11) is 0. The van der Waals surface area contributed by atoms with E-state index in [1.54, 1.807) is 11.3 Å². The largest absolute Gasteiger partial charge is 0.292 e. The molecule has 0 radical (unpaired) electrons. The summed E-state index contributed by atoms with van der Waals surface area (Å²) < 4.78 is 3.63. The highest BCUT2D eigenvalue weighted by atomic mass is 32.1. The van der Waals surface area contributed by atoms with Gasteiger partial charge in [-0.05, 0) is 65.1 Å². The Kier molecular flexibility index (Phi) is 4.58. The summed E-state index contributed by atoms with van der Waals surface area (Å²) in [6.07, 6.45) is 1.09. The first-order chi connectivity index (χ1) is 15.7. The van der Waals surface area contributed by atoms with E-state index in [0.29, 0.717) is 5.92 Å². The molecule has 2 heterocycles. The van der Waals surface area contributed by atoms with Crippen LogP contribution in [0.3, 0.4) is 0 Å². The van der Waals surface area contributed by atoms with E-state index < -0.39 is 0 Å². The zero-order valence-electron chi connectivity index (χ0n) is 18.2. The van der Waals surface area contributed by atoms with Gasteiger partial charge in [0.2, 0.25) is 0 Å². The first kappa shape index (κ1) is 19.3. The molecule has 0 aliphatic carbocycles. The van der Waals surface area contributed by atoms with Crippen LogP contribution < -0.4 is 0 Å². The van der Waals surface area contributed by atoms with Crippen LogP contribution in [0.25, 0.3) is 49.0 Å². The van der Waals surface area contributed by atoms with Crippen LogP contribution in [0.2, 0.25) is 0 Å². The highest BCUT2D eigenvalue weighted by Crippen LogP contribution is 2.37. The second-order valence-corrected chi connectivity index (χ2v) is 9.78. The Hall–Kier alpha value is -3.43. The molecule has 0 amide bonds. The van der Waals surface area contributed by atoms with E-state index in [4.69, 9.17) is 4.98 Å². The fourth-order valence-corrected chi connectivity index (χ4v) is 5.55. The first-order valence-corrected chi connectivity index (χ1v) is 12.0. The van der Waals surface area contributed by atoms with Crippen molar-refractivity contribution in [1.82, 2.24) is 9.55 Å². The molecule has 0 aliphatic heterocycles. The predicted molar refractivity (Wildman–Crippen MR) is 138 cm³/mol. The molecule has 0 bridgehead atoms. The van der Waals surface area contributed by atoms with E-state index in [1.165, 1.54) is 32.0 Å². The van der Waals surface area contributed by atoms with E-state index in [0.717, 1.165) is 29.0 Å². The van der Waals surface area contributed by atoms with E-state index in [9.17, 15) is 0 Å². The van der Waals surface area contributed by atoms with Crippen LogP contribution in [0.15, 0.2) is 90.3 Å². The Morgan fingerprint density at radius 1 is 0.844 bits per heavy atom. The lowest BCUT2D eigenvalue weighted by Gasteiger charge is -2.11. The minimum absolute atomic E-state index is 0.636. The Morgan fingerprint density at radius 2 is 1.66 bits per heavy atom. The van der Waals surface area contributed by atoms with Crippen molar-refractivity contribution in [2.24, 2.45) is 5.92 Å². The van der Waals surface area contributed by atoms with Crippen molar-refractivity contribution in [2.45, 2.75) is 20.3 Å². The standard InChI is InChI=1S/C29H24N2S/c1-19(2)15-20-11-14-28-24(16-20)25(18-32-28)29-30-26-9-5-6-10-27(26)31(29)23-13-12-21-7-3-4-8-22(21)17-23/h3-14,16-19H,15H2,1-2H3. The fourth-order valence-electron chi connectivity index (χ4n) is 4.63. The molecule has 2 nitrogen and oxygen atoms in total. The van der Waals surface area contributed by atoms with Gasteiger partial charge in [-0.2, -0.15) is 0 Å². The lowest BCUT2D eigenvalue weighted by atomic mass is 10.0. The smallest absolute Gasteiger partial charge is 0.147 e. The number of hydrogen-bond acceptors (Lipinski definition) is 2. The Labute approximate surface area is 191 Å². The van der Waals surface area contributed by atoms with Gasteiger partial charge >= 0.3 is 0 Å². The summed E-state index contributed by atoms with van der Waals surface area (Å²) in [5.74, 6) is 1.64. The van der Waals surface area contributed by atoms with Crippen molar-refractivity contribution in [3.8, 4) is 17.1 Å². The van der Waals surface area contributed by atoms with Crippen LogP contribution in [0.5, 0.6) is 0 Å². The first-order valence-electron chi connectivity index (χ1n) is 11.1. The molecule has 3 heteroatoms. The number of fused-ring (bicyclic) bond motifs is 3. The third kappa shape index (κ3) is 3.21. The van der Waals surface area contributed by atoms with Crippen LogP contribution in [0.4, 0.5) is 0 Å². The van der Waals surface area contributed by atoms with Crippen LogP contribution in [-0.2, 0) is 6.42 Å². The second-order valence-electron chi connectivity index (χ2n) is 8.87. The average molecular weight is 433 g/mol. The summed E-state index contributed by atoms with van der Waals surface area (Å²) in [5.41, 5.74) is 5.90. The van der Waals surface area contributed by atoms with Crippen molar-refractivity contribution < 1.29 is 0 Å². The van der Waals surface area contributed by atoms with E-state index in [2.05, 4.69) is 109 Å². The fraction of sp³-hybridized carbons (Fsp3) is 0.138. The van der Waals surface area contributed by atoms with Gasteiger partial charge in [0.1, 0.15) is 5.82 Å². The number of imidazole rings is 1. The molecule has 0 saturated carbocycles. The summed E-state index contributed by atoms with van der Waals surface area (Å²) in [5, 5.41) is 6.05. The summed E-state index contributed by atoms with van der Waals surface area (Å²) in [6.45, 7) is 4.55. The topological polar surface area (TPSA) is 17.8 Å². The van der Waals surface area contributed by atoms with Gasteiger partial charge in [0.05, 0.1) is 11.0 Å². The third-order valence-corrected chi connectivity index (χ3v) is 7.04. The molecule has 32 heavy (non-hydrogen) atoms. The van der Waals surface area contributed by atoms with E-state index >= 15 is 0 Å². The van der Waals surface area contributed by atoms with Crippen molar-refractivity contribution in [3.05, 3.63) is 95.9 Å². The molecule has 2 aromatic heterocycles. The minimum Gasteiger partial charge on any atom is -0.292 e. The van der Waals surface area contributed by atoms with E-state index in [-0.39, 0.29) is 0 Å². The lowest BCUT2D eigenvalue weighted by Crippen LogP contribution is -1.98. The molecule has 0 atom stereocenters. The monoisotopic (exact) mass is 432 g/mol. The summed E-state index contributed by atoms with van der Waals surface area (Å²) >= 11 is 1.80. The molecule has 6 rings (SSSR count). The quantitative estimate of drug-likeness (QED) is 0.274. The number of para-hydroxylation sites is 2. The minimum atomic E-state index is 0.636. The highest BCUT2D eigenvalue weighted by Gasteiger charge is 2.18. The number of nitrogens with zero attached hydrogens (tertiary/aromatic N) is 2. The van der Waals surface area contributed by atoms with Gasteiger partial charge in [-0.15, -0.1) is 11.3 Å². The van der Waals surface area contributed by atoms with Crippen LogP contribution >= 0.6 is 11.3 Å². The van der Waals surface area contributed by atoms with Gasteiger partial charge < -0.3 is 0 Å². The van der Waals surface area contributed by atoms with Gasteiger partial charge in [-0.25, -0.2) is 4.98 Å². The average Bonchev–Trinajstić information content (AvgIpc) is 3.39. The molecule has 0 spiro atoms. The van der Waals surface area contributed by atoms with Crippen molar-refractivity contribution >= 4 is 43.2 Å². The zero-order chi connectivity index (χ0) is 21.7. The molecule has 0 N–H and O–H groups in total. The highest BCUT2D eigenvalue weighted by molar-refractivity contribution is 7.17. The van der Waals surface area contributed by atoms with Gasteiger partial charge in [-0.1, -0.05) is 62.4 Å².